The summed E-state index contributed by atoms with van der Waals surface area (Å²) in [6, 6.07) is 8.30. The van der Waals surface area contributed by atoms with Crippen molar-refractivity contribution in [2.45, 2.75) is 45.1 Å². The molecule has 4 nitrogen and oxygen atoms in total. The Labute approximate surface area is 114 Å². The van der Waals surface area contributed by atoms with Crippen molar-refractivity contribution in [2.24, 2.45) is 0 Å². The molecule has 1 aromatic rings. The van der Waals surface area contributed by atoms with Crippen LogP contribution in [0.4, 0.5) is 5.69 Å². The molecule has 2 atom stereocenters. The first-order valence-corrected chi connectivity index (χ1v) is 6.78. The van der Waals surface area contributed by atoms with Crippen LogP contribution in [-0.4, -0.2) is 36.3 Å². The highest BCUT2D eigenvalue weighted by molar-refractivity contribution is 5.45. The summed E-state index contributed by atoms with van der Waals surface area (Å²) in [5.74, 6) is -0.481. The third kappa shape index (κ3) is 3.93. The van der Waals surface area contributed by atoms with Gasteiger partial charge in [0.1, 0.15) is 6.10 Å². The molecule has 1 aromatic carbocycles. The van der Waals surface area contributed by atoms with Crippen LogP contribution in [0.25, 0.3) is 0 Å². The molecule has 1 saturated heterocycles. The lowest BCUT2D eigenvalue weighted by Gasteiger charge is -2.23. The molecule has 0 amide bonds. The van der Waals surface area contributed by atoms with Crippen molar-refractivity contribution < 1.29 is 14.6 Å². The van der Waals surface area contributed by atoms with Crippen LogP contribution in [0.2, 0.25) is 0 Å². The highest BCUT2D eigenvalue weighted by Gasteiger charge is 2.35. The van der Waals surface area contributed by atoms with Crippen molar-refractivity contribution >= 4 is 5.69 Å². The third-order valence-electron chi connectivity index (χ3n) is 3.34. The average molecular weight is 265 g/mol. The number of ether oxygens (including phenoxy) is 2. The number of hydrogen-bond acceptors (Lipinski definition) is 4. The molecular formula is C15H23NO3. The quantitative estimate of drug-likeness (QED) is 0.856. The molecule has 0 radical (unpaired) electrons. The van der Waals surface area contributed by atoms with Crippen LogP contribution >= 0.6 is 0 Å². The molecule has 0 aliphatic carbocycles. The van der Waals surface area contributed by atoms with Crippen LogP contribution < -0.4 is 5.32 Å². The molecule has 1 aliphatic heterocycles. The zero-order chi connectivity index (χ0) is 13.9. The first-order valence-electron chi connectivity index (χ1n) is 6.78. The standard InChI is InChI=1S/C15H23NO3/c1-11(14-10-18-15(2,3)19-14)16-13-6-4-12(5-7-13)8-9-17/h4-7,11,14,16-17H,8-10H2,1-3H3. The van der Waals surface area contributed by atoms with Gasteiger partial charge in [-0.25, -0.2) is 0 Å². The number of benzene rings is 1. The van der Waals surface area contributed by atoms with E-state index in [-0.39, 0.29) is 18.8 Å². The Morgan fingerprint density at radius 1 is 1.37 bits per heavy atom. The Kier molecular flexibility index (Phi) is 4.45. The van der Waals surface area contributed by atoms with Gasteiger partial charge in [-0.2, -0.15) is 0 Å². The summed E-state index contributed by atoms with van der Waals surface area (Å²) in [5, 5.41) is 12.3. The zero-order valence-corrected chi connectivity index (χ0v) is 11.8. The summed E-state index contributed by atoms with van der Waals surface area (Å²) in [6.45, 7) is 6.76. The van der Waals surface area contributed by atoms with Crippen molar-refractivity contribution in [1.82, 2.24) is 0 Å². The number of aliphatic hydroxyl groups excluding tert-OH is 1. The van der Waals surface area contributed by atoms with Gasteiger partial charge in [0.15, 0.2) is 5.79 Å². The van der Waals surface area contributed by atoms with E-state index in [0.717, 1.165) is 11.3 Å². The van der Waals surface area contributed by atoms with E-state index in [2.05, 4.69) is 12.2 Å². The minimum atomic E-state index is -0.481. The van der Waals surface area contributed by atoms with Crippen molar-refractivity contribution in [1.29, 1.82) is 0 Å². The summed E-state index contributed by atoms with van der Waals surface area (Å²) < 4.78 is 11.4. The molecule has 0 bridgehead atoms. The van der Waals surface area contributed by atoms with Gasteiger partial charge in [-0.15, -0.1) is 0 Å². The fourth-order valence-corrected chi connectivity index (χ4v) is 2.21. The van der Waals surface area contributed by atoms with Crippen LogP contribution in [0, 0.1) is 0 Å². The molecular weight excluding hydrogens is 242 g/mol. The number of aliphatic hydroxyl groups is 1. The van der Waals surface area contributed by atoms with Gasteiger partial charge < -0.3 is 19.9 Å². The lowest BCUT2D eigenvalue weighted by Crippen LogP contribution is -2.34. The molecule has 2 unspecified atom stereocenters. The molecule has 4 heteroatoms. The van der Waals surface area contributed by atoms with Gasteiger partial charge >= 0.3 is 0 Å². The monoisotopic (exact) mass is 265 g/mol. The van der Waals surface area contributed by atoms with Crippen LogP contribution in [0.3, 0.4) is 0 Å². The Morgan fingerprint density at radius 3 is 2.58 bits per heavy atom. The van der Waals surface area contributed by atoms with E-state index in [4.69, 9.17) is 14.6 Å². The molecule has 19 heavy (non-hydrogen) atoms. The van der Waals surface area contributed by atoms with Gasteiger partial charge in [-0.3, -0.25) is 0 Å². The maximum absolute atomic E-state index is 8.88. The van der Waals surface area contributed by atoms with E-state index in [1.807, 2.05) is 38.1 Å². The molecule has 1 aliphatic rings. The smallest absolute Gasteiger partial charge is 0.163 e. The van der Waals surface area contributed by atoms with Gasteiger partial charge in [0.25, 0.3) is 0 Å². The highest BCUT2D eigenvalue weighted by Crippen LogP contribution is 2.25. The normalized spacial score (nSPS) is 23.3. The molecule has 2 N–H and O–H groups in total. The lowest BCUT2D eigenvalue weighted by atomic mass is 10.1. The Morgan fingerprint density at radius 2 is 2.05 bits per heavy atom. The molecule has 2 rings (SSSR count). The Bertz CT molecular complexity index is 402. The molecule has 1 fully saturated rings. The van der Waals surface area contributed by atoms with Gasteiger partial charge in [0.05, 0.1) is 12.6 Å². The minimum absolute atomic E-state index is 0.0621. The minimum Gasteiger partial charge on any atom is -0.396 e. The topological polar surface area (TPSA) is 50.7 Å². The van der Waals surface area contributed by atoms with E-state index in [9.17, 15) is 0 Å². The van der Waals surface area contributed by atoms with E-state index >= 15 is 0 Å². The first kappa shape index (κ1) is 14.3. The van der Waals surface area contributed by atoms with Gasteiger partial charge in [-0.05, 0) is 44.9 Å². The highest BCUT2D eigenvalue weighted by atomic mass is 16.7. The third-order valence-corrected chi connectivity index (χ3v) is 3.34. The summed E-state index contributed by atoms with van der Waals surface area (Å²) in [4.78, 5) is 0. The second-order valence-electron chi connectivity index (χ2n) is 5.47. The lowest BCUT2D eigenvalue weighted by molar-refractivity contribution is -0.139. The largest absolute Gasteiger partial charge is 0.396 e. The van der Waals surface area contributed by atoms with Crippen molar-refractivity contribution in [3.05, 3.63) is 29.8 Å². The first-order chi connectivity index (χ1) is 9.00. The maximum atomic E-state index is 8.88. The fourth-order valence-electron chi connectivity index (χ4n) is 2.21. The summed E-state index contributed by atoms with van der Waals surface area (Å²) in [5.41, 5.74) is 2.20. The summed E-state index contributed by atoms with van der Waals surface area (Å²) in [7, 11) is 0. The fraction of sp³-hybridized carbons (Fsp3) is 0.600. The molecule has 1 heterocycles. The van der Waals surface area contributed by atoms with E-state index < -0.39 is 5.79 Å². The molecule has 0 saturated carbocycles. The van der Waals surface area contributed by atoms with E-state index in [1.54, 1.807) is 0 Å². The Hall–Kier alpha value is -1.10. The molecule has 0 spiro atoms. The molecule has 0 aromatic heterocycles. The number of hydrogen-bond donors (Lipinski definition) is 2. The SMILES string of the molecule is CC(Nc1ccc(CCO)cc1)C1COC(C)(C)O1. The average Bonchev–Trinajstić information content (AvgIpc) is 2.73. The number of rotatable bonds is 5. The van der Waals surface area contributed by atoms with Crippen molar-refractivity contribution in [3.63, 3.8) is 0 Å². The summed E-state index contributed by atoms with van der Waals surface area (Å²) >= 11 is 0. The van der Waals surface area contributed by atoms with Gasteiger partial charge in [0.2, 0.25) is 0 Å². The van der Waals surface area contributed by atoms with E-state index in [1.165, 1.54) is 0 Å². The Balaban J connectivity index is 1.90. The maximum Gasteiger partial charge on any atom is 0.163 e. The van der Waals surface area contributed by atoms with Gasteiger partial charge in [0, 0.05) is 12.3 Å². The number of anilines is 1. The van der Waals surface area contributed by atoms with E-state index in [0.29, 0.717) is 13.0 Å². The second kappa shape index (κ2) is 5.90. The van der Waals surface area contributed by atoms with Crippen LogP contribution in [0.1, 0.15) is 26.3 Å². The van der Waals surface area contributed by atoms with Crippen LogP contribution in [0.5, 0.6) is 0 Å². The zero-order valence-electron chi connectivity index (χ0n) is 11.8. The van der Waals surface area contributed by atoms with Crippen LogP contribution in [-0.2, 0) is 15.9 Å². The second-order valence-corrected chi connectivity index (χ2v) is 5.47. The predicted octanol–water partition coefficient (Wildman–Crippen LogP) is 2.17. The van der Waals surface area contributed by atoms with Crippen molar-refractivity contribution in [3.8, 4) is 0 Å². The molecule has 106 valence electrons. The van der Waals surface area contributed by atoms with Crippen LogP contribution in [0.15, 0.2) is 24.3 Å². The van der Waals surface area contributed by atoms with Crippen molar-refractivity contribution in [2.75, 3.05) is 18.5 Å². The summed E-state index contributed by atoms with van der Waals surface area (Å²) in [6.07, 6.45) is 0.760. The van der Waals surface area contributed by atoms with Gasteiger partial charge in [-0.1, -0.05) is 12.1 Å². The number of nitrogens with one attached hydrogen (secondary N) is 1. The predicted molar refractivity (Wildman–Crippen MR) is 75.2 cm³/mol.